The Labute approximate surface area is 169 Å². The molecule has 0 aliphatic carbocycles. The molecule has 0 spiro atoms. The predicted octanol–water partition coefficient (Wildman–Crippen LogP) is 1.59. The maximum atomic E-state index is 2.29. The van der Waals surface area contributed by atoms with Gasteiger partial charge in [0.2, 0.25) is 0 Å². The summed E-state index contributed by atoms with van der Waals surface area (Å²) >= 11 is 0. The molecule has 3 aromatic rings. The SMILES string of the molecule is [BH3-]CCCC(c1ccccc1)(c1ccccc1)c1ccccc1.[Na+]. The van der Waals surface area contributed by atoms with Crippen LogP contribution >= 0.6 is 0 Å². The van der Waals surface area contributed by atoms with Crippen molar-refractivity contribution >= 4 is 7.85 Å². The van der Waals surface area contributed by atoms with E-state index >= 15 is 0 Å². The van der Waals surface area contributed by atoms with Gasteiger partial charge in [-0.05, 0) is 31.0 Å². The minimum Gasteiger partial charge on any atom is -0.187 e. The zero-order chi connectivity index (χ0) is 16.0. The molecule has 3 aromatic carbocycles. The number of hydrogen-bond donors (Lipinski definition) is 0. The third-order valence-corrected chi connectivity index (χ3v) is 4.35. The zero-order valence-electron chi connectivity index (χ0n) is 13.8. The van der Waals surface area contributed by atoms with Crippen molar-refractivity contribution < 1.29 is 29.6 Å². The van der Waals surface area contributed by atoms with E-state index in [4.69, 9.17) is 0 Å². The molecule has 0 aliphatic heterocycles. The van der Waals surface area contributed by atoms with E-state index in [-0.39, 0.29) is 35.0 Å². The summed E-state index contributed by atoms with van der Waals surface area (Å²) in [5.41, 5.74) is 4.19. The summed E-state index contributed by atoms with van der Waals surface area (Å²) in [6.07, 6.45) is 3.96. The van der Waals surface area contributed by atoms with Crippen LogP contribution in [0, 0.1) is 0 Å². The molecule has 3 rings (SSSR count). The van der Waals surface area contributed by atoms with Gasteiger partial charge in [-0.2, -0.15) is 6.32 Å². The molecule has 0 N–H and O–H groups in total. The second kappa shape index (κ2) is 9.27. The molecule has 0 aromatic heterocycles. The summed E-state index contributed by atoms with van der Waals surface area (Å²) in [5.74, 6) is 0. The van der Waals surface area contributed by atoms with E-state index < -0.39 is 0 Å². The van der Waals surface area contributed by atoms with Crippen molar-refractivity contribution in [1.82, 2.24) is 0 Å². The average Bonchev–Trinajstić information content (AvgIpc) is 2.65. The van der Waals surface area contributed by atoms with Crippen molar-refractivity contribution in [3.05, 3.63) is 108 Å². The third kappa shape index (κ3) is 3.86. The topological polar surface area (TPSA) is 0 Å². The number of rotatable bonds is 6. The molecule has 0 aliphatic rings. The van der Waals surface area contributed by atoms with Crippen LogP contribution in [0.1, 0.15) is 29.5 Å². The van der Waals surface area contributed by atoms with E-state index in [1.165, 1.54) is 35.9 Å². The molecule has 0 nitrogen and oxygen atoms in total. The van der Waals surface area contributed by atoms with Crippen LogP contribution in [0.5, 0.6) is 0 Å². The van der Waals surface area contributed by atoms with Gasteiger partial charge in [0.15, 0.2) is 0 Å². The first kappa shape index (κ1) is 19.1. The largest absolute Gasteiger partial charge is 1.00 e. The predicted molar refractivity (Wildman–Crippen MR) is 103 cm³/mol. The zero-order valence-corrected chi connectivity index (χ0v) is 15.8. The summed E-state index contributed by atoms with van der Waals surface area (Å²) in [4.78, 5) is 0. The molecule has 0 bridgehead atoms. The molecular formula is C22H24BNa. The van der Waals surface area contributed by atoms with E-state index in [0.29, 0.717) is 7.85 Å². The van der Waals surface area contributed by atoms with Crippen molar-refractivity contribution in [2.45, 2.75) is 24.6 Å². The van der Waals surface area contributed by atoms with Crippen molar-refractivity contribution in [3.8, 4) is 0 Å². The van der Waals surface area contributed by atoms with Crippen molar-refractivity contribution in [2.24, 2.45) is 0 Å². The monoisotopic (exact) mass is 322 g/mol. The van der Waals surface area contributed by atoms with Gasteiger partial charge in [0, 0.05) is 5.41 Å². The molecule has 0 radical (unpaired) electrons. The molecular weight excluding hydrogens is 298 g/mol. The molecule has 0 fully saturated rings. The molecule has 116 valence electrons. The molecule has 0 atom stereocenters. The fourth-order valence-corrected chi connectivity index (χ4v) is 3.37. The van der Waals surface area contributed by atoms with Crippen LogP contribution in [0.25, 0.3) is 0 Å². The standard InChI is InChI=1S/C22H24B.Na/c23-18-10-17-22(19-11-4-1-5-12-19,20-13-6-2-7-14-20)21-15-8-3-9-16-21;/h1-9,11-16H,10,17-18H2,23H3;/q-1;+1. The Bertz CT molecular complexity index is 614. The maximum absolute atomic E-state index is 2.29. The minimum absolute atomic E-state index is 0. The van der Waals surface area contributed by atoms with Crippen molar-refractivity contribution in [1.29, 1.82) is 0 Å². The second-order valence-corrected chi connectivity index (χ2v) is 5.61. The van der Waals surface area contributed by atoms with E-state index in [2.05, 4.69) is 91.0 Å². The third-order valence-electron chi connectivity index (χ3n) is 4.35. The Morgan fingerprint density at radius 2 is 0.917 bits per heavy atom. The van der Waals surface area contributed by atoms with Crippen LogP contribution in [-0.4, -0.2) is 7.85 Å². The Kier molecular flexibility index (Phi) is 7.36. The summed E-state index contributed by atoms with van der Waals surface area (Å²) < 4.78 is 0. The van der Waals surface area contributed by atoms with Gasteiger partial charge in [-0.1, -0.05) is 97.4 Å². The minimum atomic E-state index is -0.0297. The molecule has 24 heavy (non-hydrogen) atoms. The van der Waals surface area contributed by atoms with Gasteiger partial charge < -0.3 is 0 Å². The van der Waals surface area contributed by atoms with E-state index in [1.54, 1.807) is 0 Å². The first-order valence-corrected chi connectivity index (χ1v) is 7.84. The van der Waals surface area contributed by atoms with Crippen LogP contribution in [0.4, 0.5) is 0 Å². The summed E-state index contributed by atoms with van der Waals surface area (Å²) in [6, 6.07) is 33.1. The smallest absolute Gasteiger partial charge is 0.187 e. The molecule has 2 heteroatoms. The Morgan fingerprint density at radius 1 is 0.583 bits per heavy atom. The Balaban J connectivity index is 0.00000208. The molecule has 0 unspecified atom stereocenters. The van der Waals surface area contributed by atoms with Crippen molar-refractivity contribution in [2.75, 3.05) is 0 Å². The fraction of sp³-hybridized carbons (Fsp3) is 0.182. The van der Waals surface area contributed by atoms with Crippen LogP contribution in [0.2, 0.25) is 6.32 Å². The van der Waals surface area contributed by atoms with Gasteiger partial charge in [0.1, 0.15) is 0 Å². The van der Waals surface area contributed by atoms with Gasteiger partial charge in [-0.3, -0.25) is 0 Å². The van der Waals surface area contributed by atoms with Crippen LogP contribution in [-0.2, 0) is 5.41 Å². The van der Waals surface area contributed by atoms with Crippen LogP contribution in [0.3, 0.4) is 0 Å². The van der Waals surface area contributed by atoms with Crippen molar-refractivity contribution in [3.63, 3.8) is 0 Å². The first-order chi connectivity index (χ1) is 11.4. The summed E-state index contributed by atoms with van der Waals surface area (Å²) in [7, 11) is 0.469. The van der Waals surface area contributed by atoms with E-state index in [9.17, 15) is 0 Å². The number of benzene rings is 3. The van der Waals surface area contributed by atoms with Gasteiger partial charge >= 0.3 is 29.6 Å². The van der Waals surface area contributed by atoms with Gasteiger partial charge in [0.25, 0.3) is 0 Å². The van der Waals surface area contributed by atoms with Crippen LogP contribution in [0.15, 0.2) is 91.0 Å². The van der Waals surface area contributed by atoms with Crippen LogP contribution < -0.4 is 29.6 Å². The normalized spacial score (nSPS) is 10.9. The summed E-state index contributed by atoms with van der Waals surface area (Å²) in [6.45, 7) is 0. The Hall–Kier alpha value is -1.28. The fourth-order valence-electron chi connectivity index (χ4n) is 3.37. The molecule has 0 amide bonds. The number of hydrogen-bond acceptors (Lipinski definition) is 0. The molecule has 0 heterocycles. The van der Waals surface area contributed by atoms with Gasteiger partial charge in [-0.25, -0.2) is 0 Å². The van der Waals surface area contributed by atoms with E-state index in [0.717, 1.165) is 0 Å². The molecule has 0 saturated heterocycles. The average molecular weight is 322 g/mol. The van der Waals surface area contributed by atoms with Gasteiger partial charge in [-0.15, -0.1) is 0 Å². The first-order valence-electron chi connectivity index (χ1n) is 7.84. The quantitative estimate of drug-likeness (QED) is 0.478. The molecule has 0 saturated carbocycles. The van der Waals surface area contributed by atoms with Gasteiger partial charge in [0.05, 0.1) is 0 Å². The Morgan fingerprint density at radius 3 is 1.21 bits per heavy atom. The maximum Gasteiger partial charge on any atom is 1.00 e. The second-order valence-electron chi connectivity index (χ2n) is 5.61. The summed E-state index contributed by atoms with van der Waals surface area (Å²) in [5, 5.41) is 0. The van der Waals surface area contributed by atoms with E-state index in [1.807, 2.05) is 0 Å².